The average molecular weight is 103 g/mol. The van der Waals surface area contributed by atoms with E-state index in [1.54, 1.807) is 0 Å². The SMILES string of the molecule is O=CNC/C=C/F. The third-order valence-electron chi connectivity index (χ3n) is 0.408. The van der Waals surface area contributed by atoms with Gasteiger partial charge in [-0.25, -0.2) is 4.39 Å². The molecule has 40 valence electrons. The highest BCUT2D eigenvalue weighted by Gasteiger charge is 1.68. The van der Waals surface area contributed by atoms with Crippen LogP contribution in [0.15, 0.2) is 12.4 Å². The van der Waals surface area contributed by atoms with Crippen LogP contribution in [0, 0.1) is 0 Å². The Morgan fingerprint density at radius 3 is 2.86 bits per heavy atom. The number of halogens is 1. The molecule has 2 nitrogen and oxygen atoms in total. The summed E-state index contributed by atoms with van der Waals surface area (Å²) < 4.78 is 11.0. The second kappa shape index (κ2) is 5.14. The maximum absolute atomic E-state index is 11.0. The fourth-order valence-corrected chi connectivity index (χ4v) is 0.161. The van der Waals surface area contributed by atoms with Crippen molar-refractivity contribution in [2.45, 2.75) is 0 Å². The summed E-state index contributed by atoms with van der Waals surface area (Å²) in [6.07, 6.45) is 2.10. The van der Waals surface area contributed by atoms with Crippen molar-refractivity contribution in [3.63, 3.8) is 0 Å². The topological polar surface area (TPSA) is 29.1 Å². The molecule has 0 bridgehead atoms. The number of amides is 1. The summed E-state index contributed by atoms with van der Waals surface area (Å²) in [5, 5.41) is 2.24. The Labute approximate surface area is 41.0 Å². The van der Waals surface area contributed by atoms with E-state index in [-0.39, 0.29) is 6.54 Å². The van der Waals surface area contributed by atoms with Gasteiger partial charge >= 0.3 is 0 Å². The van der Waals surface area contributed by atoms with Crippen LogP contribution in [0.5, 0.6) is 0 Å². The van der Waals surface area contributed by atoms with E-state index in [2.05, 4.69) is 5.32 Å². The third kappa shape index (κ3) is 5.14. The Balaban J connectivity index is 2.82. The fraction of sp³-hybridized carbons (Fsp3) is 0.250. The molecule has 1 N–H and O–H groups in total. The predicted octanol–water partition coefficient (Wildman–Crippen LogP) is 0.216. The van der Waals surface area contributed by atoms with Gasteiger partial charge in [-0.3, -0.25) is 4.79 Å². The molecule has 0 spiro atoms. The van der Waals surface area contributed by atoms with E-state index in [1.807, 2.05) is 0 Å². The molecule has 0 radical (unpaired) electrons. The first-order chi connectivity index (χ1) is 3.41. The predicted molar refractivity (Wildman–Crippen MR) is 24.3 cm³/mol. The number of nitrogens with one attached hydrogen (secondary N) is 1. The van der Waals surface area contributed by atoms with Crippen LogP contribution in [-0.2, 0) is 4.79 Å². The van der Waals surface area contributed by atoms with Crippen molar-refractivity contribution in [1.29, 1.82) is 0 Å². The lowest BCUT2D eigenvalue weighted by Gasteiger charge is -1.82. The maximum Gasteiger partial charge on any atom is 0.207 e. The molecular weight excluding hydrogens is 97.0 g/mol. The summed E-state index contributed by atoms with van der Waals surface area (Å²) in [6, 6.07) is 0. The minimum absolute atomic E-state index is 0.264. The molecule has 3 heteroatoms. The van der Waals surface area contributed by atoms with E-state index in [1.165, 1.54) is 6.08 Å². The molecule has 0 aromatic carbocycles. The fourth-order valence-electron chi connectivity index (χ4n) is 0.161. The van der Waals surface area contributed by atoms with E-state index in [0.29, 0.717) is 12.7 Å². The second-order valence-corrected chi connectivity index (χ2v) is 0.888. The molecule has 0 heterocycles. The Hall–Kier alpha value is -0.860. The Morgan fingerprint density at radius 2 is 2.43 bits per heavy atom. The highest BCUT2D eigenvalue weighted by atomic mass is 19.1. The van der Waals surface area contributed by atoms with Crippen molar-refractivity contribution in [2.75, 3.05) is 6.54 Å². The van der Waals surface area contributed by atoms with Crippen LogP contribution in [0.2, 0.25) is 0 Å². The minimum Gasteiger partial charge on any atom is -0.355 e. The van der Waals surface area contributed by atoms with Crippen LogP contribution in [0.4, 0.5) is 4.39 Å². The van der Waals surface area contributed by atoms with Crippen molar-refractivity contribution in [1.82, 2.24) is 5.32 Å². The third-order valence-corrected chi connectivity index (χ3v) is 0.408. The number of hydrogen-bond donors (Lipinski definition) is 1. The second-order valence-electron chi connectivity index (χ2n) is 0.888. The molecule has 0 fully saturated rings. The Bertz CT molecular complexity index is 72.1. The number of carbonyl (C=O) groups is 1. The molecule has 0 aliphatic rings. The normalized spacial score (nSPS) is 9.29. The molecule has 0 aliphatic carbocycles. The molecule has 0 saturated heterocycles. The van der Waals surface area contributed by atoms with Gasteiger partial charge in [-0.2, -0.15) is 0 Å². The molecule has 0 atom stereocenters. The molecule has 0 aromatic heterocycles. The van der Waals surface area contributed by atoms with Crippen LogP contribution in [0.1, 0.15) is 0 Å². The summed E-state index contributed by atoms with van der Waals surface area (Å²) >= 11 is 0. The lowest BCUT2D eigenvalue weighted by atomic mass is 10.6. The van der Waals surface area contributed by atoms with Crippen LogP contribution >= 0.6 is 0 Å². The van der Waals surface area contributed by atoms with Crippen molar-refractivity contribution < 1.29 is 9.18 Å². The summed E-state index contributed by atoms with van der Waals surface area (Å²) in [7, 11) is 0. The van der Waals surface area contributed by atoms with Crippen molar-refractivity contribution in [2.24, 2.45) is 0 Å². The quantitative estimate of drug-likeness (QED) is 0.401. The zero-order chi connectivity index (χ0) is 5.54. The summed E-state index contributed by atoms with van der Waals surface area (Å²) in [5.74, 6) is 0. The number of carbonyl (C=O) groups excluding carboxylic acids is 1. The number of rotatable bonds is 3. The van der Waals surface area contributed by atoms with Gasteiger partial charge in [-0.1, -0.05) is 0 Å². The van der Waals surface area contributed by atoms with Crippen LogP contribution in [0.25, 0.3) is 0 Å². The molecule has 1 amide bonds. The highest BCUT2D eigenvalue weighted by molar-refractivity contribution is 5.46. The van der Waals surface area contributed by atoms with Crippen molar-refractivity contribution >= 4 is 6.41 Å². The molecule has 7 heavy (non-hydrogen) atoms. The standard InChI is InChI=1S/C4H6FNO/c5-2-1-3-6-4-7/h1-2,4H,3H2,(H,6,7)/b2-1+. The van der Waals surface area contributed by atoms with Crippen molar-refractivity contribution in [3.05, 3.63) is 12.4 Å². The largest absolute Gasteiger partial charge is 0.355 e. The van der Waals surface area contributed by atoms with E-state index in [9.17, 15) is 9.18 Å². The molecule has 0 saturated carbocycles. The van der Waals surface area contributed by atoms with Gasteiger partial charge in [0.2, 0.25) is 6.41 Å². The average Bonchev–Trinajstić information content (AvgIpc) is 1.69. The van der Waals surface area contributed by atoms with E-state index >= 15 is 0 Å². The van der Waals surface area contributed by atoms with Crippen LogP contribution in [-0.4, -0.2) is 13.0 Å². The first-order valence-corrected chi connectivity index (χ1v) is 1.84. The highest BCUT2D eigenvalue weighted by Crippen LogP contribution is 1.66. The smallest absolute Gasteiger partial charge is 0.207 e. The van der Waals surface area contributed by atoms with Gasteiger partial charge in [0.25, 0.3) is 0 Å². The first kappa shape index (κ1) is 6.14. The monoisotopic (exact) mass is 103 g/mol. The minimum atomic E-state index is 0.264. The molecule has 0 aliphatic heterocycles. The first-order valence-electron chi connectivity index (χ1n) is 1.84. The summed E-state index contributed by atoms with van der Waals surface area (Å²) in [6.45, 7) is 0.264. The van der Waals surface area contributed by atoms with Gasteiger partial charge in [0, 0.05) is 6.54 Å². The van der Waals surface area contributed by atoms with Gasteiger partial charge in [0.1, 0.15) is 0 Å². The van der Waals surface area contributed by atoms with Crippen LogP contribution in [0.3, 0.4) is 0 Å². The van der Waals surface area contributed by atoms with E-state index in [4.69, 9.17) is 0 Å². The lowest BCUT2D eigenvalue weighted by molar-refractivity contribution is -0.109. The van der Waals surface area contributed by atoms with Gasteiger partial charge in [-0.05, 0) is 6.08 Å². The van der Waals surface area contributed by atoms with Crippen molar-refractivity contribution in [3.8, 4) is 0 Å². The maximum atomic E-state index is 11.0. The number of hydrogen-bond acceptors (Lipinski definition) is 1. The van der Waals surface area contributed by atoms with Gasteiger partial charge in [0.05, 0.1) is 6.33 Å². The van der Waals surface area contributed by atoms with E-state index in [0.717, 1.165) is 0 Å². The van der Waals surface area contributed by atoms with Gasteiger partial charge < -0.3 is 5.32 Å². The Kier molecular flexibility index (Phi) is 4.51. The molecule has 0 rings (SSSR count). The summed E-state index contributed by atoms with van der Waals surface area (Å²) in [5.41, 5.74) is 0. The zero-order valence-corrected chi connectivity index (χ0v) is 3.73. The molecular formula is C4H6FNO. The van der Waals surface area contributed by atoms with Gasteiger partial charge in [0.15, 0.2) is 0 Å². The lowest BCUT2D eigenvalue weighted by Crippen LogP contribution is -2.08. The Morgan fingerprint density at radius 1 is 1.71 bits per heavy atom. The zero-order valence-electron chi connectivity index (χ0n) is 3.73. The summed E-state index contributed by atoms with van der Waals surface area (Å²) in [4.78, 5) is 9.41. The molecule has 0 aromatic rings. The van der Waals surface area contributed by atoms with E-state index < -0.39 is 0 Å². The van der Waals surface area contributed by atoms with Crippen LogP contribution < -0.4 is 5.32 Å². The molecule has 0 unspecified atom stereocenters. The van der Waals surface area contributed by atoms with Gasteiger partial charge in [-0.15, -0.1) is 0 Å².